The predicted octanol–water partition coefficient (Wildman–Crippen LogP) is 1.90. The lowest BCUT2D eigenvalue weighted by Gasteiger charge is -2.08. The summed E-state index contributed by atoms with van der Waals surface area (Å²) in [4.78, 5) is 13.0. The van der Waals surface area contributed by atoms with Crippen molar-refractivity contribution in [1.29, 1.82) is 0 Å². The van der Waals surface area contributed by atoms with Crippen LogP contribution in [-0.2, 0) is 0 Å². The van der Waals surface area contributed by atoms with E-state index in [2.05, 4.69) is 20.1 Å². The number of aromatic nitrogens is 5. The molecule has 5 nitrogen and oxygen atoms in total. The van der Waals surface area contributed by atoms with Gasteiger partial charge >= 0.3 is 0 Å². The van der Waals surface area contributed by atoms with Gasteiger partial charge in [0, 0.05) is 23.5 Å². The molecule has 3 aromatic heterocycles. The van der Waals surface area contributed by atoms with E-state index < -0.39 is 0 Å². The van der Waals surface area contributed by atoms with E-state index in [1.54, 1.807) is 17.1 Å². The number of pyridine rings is 1. The lowest BCUT2D eigenvalue weighted by Crippen LogP contribution is -2.02. The summed E-state index contributed by atoms with van der Waals surface area (Å²) in [5.41, 5.74) is 3.55. The lowest BCUT2D eigenvalue weighted by molar-refractivity contribution is 0.784. The molecule has 0 amide bonds. The molecule has 0 unspecified atom stereocenters. The first kappa shape index (κ1) is 10.7. The Bertz CT molecular complexity index is 666. The van der Waals surface area contributed by atoms with Crippen LogP contribution in [0.5, 0.6) is 0 Å². The molecule has 0 spiro atoms. The number of aryl methyl sites for hydroxylation is 2. The van der Waals surface area contributed by atoms with Crippen molar-refractivity contribution in [3.63, 3.8) is 0 Å². The fourth-order valence-electron chi connectivity index (χ4n) is 1.86. The van der Waals surface area contributed by atoms with Gasteiger partial charge in [-0.2, -0.15) is 0 Å². The van der Waals surface area contributed by atoms with Gasteiger partial charge in [-0.05, 0) is 43.9 Å². The van der Waals surface area contributed by atoms with Gasteiger partial charge in [0.05, 0.1) is 5.69 Å². The van der Waals surface area contributed by atoms with Crippen LogP contribution in [0, 0.1) is 13.8 Å². The monoisotopic (exact) mass is 238 g/mol. The molecule has 3 aromatic rings. The SMILES string of the molecule is Cc1cc(C)n(-c2nc(-c3ccccn3)c[n-]2)n1. The molecule has 0 aromatic carbocycles. The molecule has 3 heterocycles. The van der Waals surface area contributed by atoms with Gasteiger partial charge in [-0.25, -0.2) is 5.10 Å². The Hall–Kier alpha value is -2.43. The first-order valence-electron chi connectivity index (χ1n) is 5.69. The Kier molecular flexibility index (Phi) is 2.44. The highest BCUT2D eigenvalue weighted by Crippen LogP contribution is 2.15. The van der Waals surface area contributed by atoms with Gasteiger partial charge in [0.1, 0.15) is 0 Å². The van der Waals surface area contributed by atoms with Gasteiger partial charge in [0.15, 0.2) is 0 Å². The largest absolute Gasteiger partial charge is 0.365 e. The van der Waals surface area contributed by atoms with E-state index in [-0.39, 0.29) is 0 Å². The number of nitrogens with zero attached hydrogens (tertiary/aromatic N) is 5. The molecule has 0 N–H and O–H groups in total. The highest BCUT2D eigenvalue weighted by molar-refractivity contribution is 5.53. The van der Waals surface area contributed by atoms with Crippen LogP contribution in [0.1, 0.15) is 11.4 Å². The predicted molar refractivity (Wildman–Crippen MR) is 67.4 cm³/mol. The van der Waals surface area contributed by atoms with Crippen molar-refractivity contribution in [2.24, 2.45) is 0 Å². The summed E-state index contributed by atoms with van der Waals surface area (Å²) in [5.74, 6) is 0.584. The minimum atomic E-state index is 0.584. The molecule has 18 heavy (non-hydrogen) atoms. The van der Waals surface area contributed by atoms with Crippen molar-refractivity contribution in [1.82, 2.24) is 24.7 Å². The third kappa shape index (κ3) is 1.79. The molecule has 0 fully saturated rings. The van der Waals surface area contributed by atoms with Crippen LogP contribution in [-0.4, -0.2) is 19.7 Å². The minimum absolute atomic E-state index is 0.584. The minimum Gasteiger partial charge on any atom is -0.365 e. The Balaban J connectivity index is 2.02. The van der Waals surface area contributed by atoms with Gasteiger partial charge in [-0.15, -0.1) is 0 Å². The zero-order valence-corrected chi connectivity index (χ0v) is 10.2. The maximum Gasteiger partial charge on any atom is 0.0730 e. The average Bonchev–Trinajstić information content (AvgIpc) is 2.97. The number of imidazole rings is 1. The molecular formula is C13H12N5-. The molecule has 0 aliphatic heterocycles. The topological polar surface area (TPSA) is 57.7 Å². The van der Waals surface area contributed by atoms with E-state index in [1.807, 2.05) is 38.1 Å². The molecule has 90 valence electrons. The van der Waals surface area contributed by atoms with Crippen molar-refractivity contribution >= 4 is 0 Å². The zero-order valence-electron chi connectivity index (χ0n) is 10.2. The van der Waals surface area contributed by atoms with Crippen molar-refractivity contribution in [2.75, 3.05) is 0 Å². The van der Waals surface area contributed by atoms with Gasteiger partial charge in [-0.3, -0.25) is 4.98 Å². The van der Waals surface area contributed by atoms with E-state index >= 15 is 0 Å². The first-order chi connectivity index (χ1) is 8.74. The summed E-state index contributed by atoms with van der Waals surface area (Å²) in [6.45, 7) is 3.93. The quantitative estimate of drug-likeness (QED) is 0.684. The molecule has 5 heteroatoms. The van der Waals surface area contributed by atoms with Crippen LogP contribution in [0.25, 0.3) is 17.3 Å². The second-order valence-corrected chi connectivity index (χ2v) is 4.11. The van der Waals surface area contributed by atoms with Crippen LogP contribution < -0.4 is 4.98 Å². The van der Waals surface area contributed by atoms with Crippen LogP contribution in [0.4, 0.5) is 0 Å². The summed E-state index contributed by atoms with van der Waals surface area (Å²) < 4.78 is 1.74. The number of rotatable bonds is 2. The highest BCUT2D eigenvalue weighted by atomic mass is 15.4. The highest BCUT2D eigenvalue weighted by Gasteiger charge is 2.01. The maximum atomic E-state index is 4.45. The summed E-state index contributed by atoms with van der Waals surface area (Å²) in [6.07, 6.45) is 3.46. The Labute approximate surface area is 105 Å². The zero-order chi connectivity index (χ0) is 12.5. The molecule has 0 aliphatic carbocycles. The fourth-order valence-corrected chi connectivity index (χ4v) is 1.86. The van der Waals surface area contributed by atoms with E-state index in [0.29, 0.717) is 5.95 Å². The van der Waals surface area contributed by atoms with Crippen molar-refractivity contribution in [3.8, 4) is 17.3 Å². The molecule has 0 saturated carbocycles. The van der Waals surface area contributed by atoms with E-state index in [4.69, 9.17) is 0 Å². The van der Waals surface area contributed by atoms with Gasteiger partial charge in [0.25, 0.3) is 0 Å². The van der Waals surface area contributed by atoms with Crippen LogP contribution >= 0.6 is 0 Å². The molecule has 0 radical (unpaired) electrons. The van der Waals surface area contributed by atoms with Crippen LogP contribution in [0.3, 0.4) is 0 Å². The fraction of sp³-hybridized carbons (Fsp3) is 0.154. The average molecular weight is 238 g/mol. The van der Waals surface area contributed by atoms with Crippen molar-refractivity contribution in [3.05, 3.63) is 48.0 Å². The molecule has 0 aliphatic rings. The van der Waals surface area contributed by atoms with Crippen LogP contribution in [0.2, 0.25) is 0 Å². The number of hydrogen-bond acceptors (Lipinski definition) is 3. The van der Waals surface area contributed by atoms with E-state index in [0.717, 1.165) is 22.8 Å². The Morgan fingerprint density at radius 2 is 2.06 bits per heavy atom. The number of hydrogen-bond donors (Lipinski definition) is 0. The molecule has 3 rings (SSSR count). The van der Waals surface area contributed by atoms with Gasteiger partial charge in [0.2, 0.25) is 0 Å². The summed E-state index contributed by atoms with van der Waals surface area (Å²) >= 11 is 0. The summed E-state index contributed by atoms with van der Waals surface area (Å²) in [5, 5.41) is 4.36. The second-order valence-electron chi connectivity index (χ2n) is 4.11. The van der Waals surface area contributed by atoms with Crippen LogP contribution in [0.15, 0.2) is 36.7 Å². The maximum absolute atomic E-state index is 4.45. The molecule has 0 saturated heterocycles. The smallest absolute Gasteiger partial charge is 0.0730 e. The normalized spacial score (nSPS) is 10.8. The standard InChI is InChI=1S/C13H12N5/c1-9-7-10(2)18(17-9)13-15-8-12(16-13)11-5-3-4-6-14-11/h3-8H,1-2H3/q-1. The van der Waals surface area contributed by atoms with Crippen molar-refractivity contribution in [2.45, 2.75) is 13.8 Å². The van der Waals surface area contributed by atoms with Gasteiger partial charge < -0.3 is 14.6 Å². The summed E-state index contributed by atoms with van der Waals surface area (Å²) in [7, 11) is 0. The Morgan fingerprint density at radius 3 is 2.72 bits per heavy atom. The Morgan fingerprint density at radius 1 is 1.17 bits per heavy atom. The third-order valence-electron chi connectivity index (χ3n) is 2.65. The molecular weight excluding hydrogens is 226 g/mol. The second kappa shape index (κ2) is 4.10. The van der Waals surface area contributed by atoms with Crippen molar-refractivity contribution < 1.29 is 0 Å². The molecule has 0 bridgehead atoms. The third-order valence-corrected chi connectivity index (χ3v) is 2.65. The van der Waals surface area contributed by atoms with Gasteiger partial charge in [-0.1, -0.05) is 6.07 Å². The lowest BCUT2D eigenvalue weighted by atomic mass is 10.3. The van der Waals surface area contributed by atoms with E-state index in [9.17, 15) is 0 Å². The summed E-state index contributed by atoms with van der Waals surface area (Å²) in [6, 6.07) is 7.72. The van der Waals surface area contributed by atoms with E-state index in [1.165, 1.54) is 0 Å². The molecule has 0 atom stereocenters. The first-order valence-corrected chi connectivity index (χ1v) is 5.69.